The van der Waals surface area contributed by atoms with E-state index in [1.165, 1.54) is 0 Å². The van der Waals surface area contributed by atoms with Crippen molar-refractivity contribution in [3.8, 4) is 0 Å². The van der Waals surface area contributed by atoms with Crippen LogP contribution in [-0.4, -0.2) is 30.1 Å². The summed E-state index contributed by atoms with van der Waals surface area (Å²) in [5, 5.41) is 8.18. The second-order valence-corrected chi connectivity index (χ2v) is 7.26. The van der Waals surface area contributed by atoms with Gasteiger partial charge in [-0.1, -0.05) is 32.0 Å². The number of rotatable bonds is 7. The van der Waals surface area contributed by atoms with Gasteiger partial charge in [-0.15, -0.1) is 0 Å². The van der Waals surface area contributed by atoms with Gasteiger partial charge in [-0.3, -0.25) is 9.59 Å². The molecule has 1 rings (SSSR count). The van der Waals surface area contributed by atoms with Crippen molar-refractivity contribution in [2.24, 2.45) is 5.92 Å². The van der Waals surface area contributed by atoms with Crippen LogP contribution in [0.25, 0.3) is 0 Å². The van der Waals surface area contributed by atoms with Crippen molar-refractivity contribution < 1.29 is 19.1 Å². The lowest BCUT2D eigenvalue weighted by Crippen LogP contribution is -2.34. The highest BCUT2D eigenvalue weighted by atomic mass is 16.6. The predicted octanol–water partition coefficient (Wildman–Crippen LogP) is 2.81. The molecule has 3 N–H and O–H groups in total. The molecule has 144 valence electrons. The van der Waals surface area contributed by atoms with Crippen LogP contribution in [0.5, 0.6) is 0 Å². The van der Waals surface area contributed by atoms with Crippen molar-refractivity contribution in [1.29, 1.82) is 0 Å². The van der Waals surface area contributed by atoms with Crippen LogP contribution >= 0.6 is 0 Å². The predicted molar refractivity (Wildman–Crippen MR) is 101 cm³/mol. The van der Waals surface area contributed by atoms with Gasteiger partial charge in [0.15, 0.2) is 0 Å². The molecule has 0 fully saturated rings. The van der Waals surface area contributed by atoms with Crippen molar-refractivity contribution in [2.45, 2.75) is 53.2 Å². The number of hydrogen-bond acceptors (Lipinski definition) is 4. The Morgan fingerprint density at radius 3 is 2.35 bits per heavy atom. The Balaban J connectivity index is 2.49. The Kier molecular flexibility index (Phi) is 8.09. The number of carbonyl (C=O) groups is 3. The van der Waals surface area contributed by atoms with Crippen LogP contribution in [0.4, 0.5) is 10.5 Å². The maximum atomic E-state index is 12.1. The second kappa shape index (κ2) is 9.79. The molecular weight excluding hydrogens is 334 g/mol. The Bertz CT molecular complexity index is 636. The summed E-state index contributed by atoms with van der Waals surface area (Å²) in [6, 6.07) is 7.27. The van der Waals surface area contributed by atoms with E-state index in [4.69, 9.17) is 4.74 Å². The molecule has 0 heterocycles. The van der Waals surface area contributed by atoms with Gasteiger partial charge in [0.25, 0.3) is 0 Å². The monoisotopic (exact) mass is 363 g/mol. The third kappa shape index (κ3) is 8.50. The van der Waals surface area contributed by atoms with Gasteiger partial charge in [0.2, 0.25) is 11.8 Å². The van der Waals surface area contributed by atoms with Gasteiger partial charge < -0.3 is 20.7 Å². The topological polar surface area (TPSA) is 96.5 Å². The molecule has 0 aromatic heterocycles. The second-order valence-electron chi connectivity index (χ2n) is 7.26. The molecule has 7 nitrogen and oxygen atoms in total. The van der Waals surface area contributed by atoms with Crippen LogP contribution in [0, 0.1) is 5.92 Å². The lowest BCUT2D eigenvalue weighted by molar-refractivity contribution is -0.124. The smallest absolute Gasteiger partial charge is 0.407 e. The summed E-state index contributed by atoms with van der Waals surface area (Å²) < 4.78 is 5.11. The van der Waals surface area contributed by atoms with E-state index in [0.29, 0.717) is 12.2 Å². The number of carbonyl (C=O) groups excluding carboxylic acids is 3. The van der Waals surface area contributed by atoms with E-state index in [0.717, 1.165) is 5.56 Å². The van der Waals surface area contributed by atoms with E-state index in [9.17, 15) is 14.4 Å². The van der Waals surface area contributed by atoms with E-state index in [1.807, 2.05) is 32.0 Å². The summed E-state index contributed by atoms with van der Waals surface area (Å²) in [5.74, 6) is -0.382. The lowest BCUT2D eigenvalue weighted by atomic mass is 10.1. The average Bonchev–Trinajstić information content (AvgIpc) is 2.51. The highest BCUT2D eigenvalue weighted by Gasteiger charge is 2.16. The molecule has 0 aliphatic rings. The normalized spacial score (nSPS) is 11.0. The van der Waals surface area contributed by atoms with Gasteiger partial charge in [0.1, 0.15) is 5.60 Å². The maximum absolute atomic E-state index is 12.1. The molecular formula is C19H29N3O4. The Labute approximate surface area is 154 Å². The first kappa shape index (κ1) is 21.5. The van der Waals surface area contributed by atoms with Gasteiger partial charge in [-0.25, -0.2) is 4.79 Å². The van der Waals surface area contributed by atoms with Gasteiger partial charge in [0.05, 0.1) is 0 Å². The molecule has 1 aromatic rings. The largest absolute Gasteiger partial charge is 0.444 e. The van der Waals surface area contributed by atoms with Gasteiger partial charge >= 0.3 is 6.09 Å². The van der Waals surface area contributed by atoms with Crippen molar-refractivity contribution in [1.82, 2.24) is 10.6 Å². The van der Waals surface area contributed by atoms with Crippen molar-refractivity contribution in [3.05, 3.63) is 29.8 Å². The van der Waals surface area contributed by atoms with E-state index in [-0.39, 0.29) is 30.7 Å². The number of anilines is 1. The zero-order valence-electron chi connectivity index (χ0n) is 16.1. The first-order valence-electron chi connectivity index (χ1n) is 8.71. The molecule has 1 aromatic carbocycles. The van der Waals surface area contributed by atoms with Crippen molar-refractivity contribution in [3.63, 3.8) is 0 Å². The maximum Gasteiger partial charge on any atom is 0.407 e. The zero-order chi connectivity index (χ0) is 19.7. The Morgan fingerprint density at radius 2 is 1.73 bits per heavy atom. The number of ether oxygens (including phenoxy) is 1. The van der Waals surface area contributed by atoms with Crippen LogP contribution in [0.1, 0.15) is 46.6 Å². The van der Waals surface area contributed by atoms with E-state index >= 15 is 0 Å². The van der Waals surface area contributed by atoms with Crippen LogP contribution in [-0.2, 0) is 20.9 Å². The fourth-order valence-electron chi connectivity index (χ4n) is 1.99. The quantitative estimate of drug-likeness (QED) is 0.694. The number of benzene rings is 1. The number of hydrogen-bond donors (Lipinski definition) is 3. The fraction of sp³-hybridized carbons (Fsp3) is 0.526. The molecule has 0 aliphatic carbocycles. The number of para-hydroxylation sites is 1. The van der Waals surface area contributed by atoms with Gasteiger partial charge in [-0.2, -0.15) is 0 Å². The minimum atomic E-state index is -0.578. The first-order chi connectivity index (χ1) is 12.1. The van der Waals surface area contributed by atoms with Crippen LogP contribution < -0.4 is 16.0 Å². The number of amides is 3. The minimum absolute atomic E-state index is 0.0484. The SMILES string of the molecule is CC(C)C(=O)NCc1ccccc1NC(=O)CCNC(=O)OC(C)(C)C. The van der Waals surface area contributed by atoms with E-state index in [2.05, 4.69) is 16.0 Å². The molecule has 7 heteroatoms. The summed E-state index contributed by atoms with van der Waals surface area (Å²) in [6.45, 7) is 9.47. The summed E-state index contributed by atoms with van der Waals surface area (Å²) in [6.07, 6.45) is -0.437. The molecule has 26 heavy (non-hydrogen) atoms. The molecule has 0 saturated carbocycles. The number of alkyl carbamates (subject to hydrolysis) is 1. The average molecular weight is 363 g/mol. The van der Waals surface area contributed by atoms with Crippen molar-refractivity contribution >= 4 is 23.6 Å². The van der Waals surface area contributed by atoms with Gasteiger partial charge in [0, 0.05) is 31.1 Å². The molecule has 0 atom stereocenters. The summed E-state index contributed by atoms with van der Waals surface area (Å²) in [4.78, 5) is 35.3. The lowest BCUT2D eigenvalue weighted by Gasteiger charge is -2.19. The zero-order valence-corrected chi connectivity index (χ0v) is 16.1. The molecule has 3 amide bonds. The highest BCUT2D eigenvalue weighted by molar-refractivity contribution is 5.92. The molecule has 0 spiro atoms. The molecule has 0 saturated heterocycles. The molecule has 0 bridgehead atoms. The standard InChI is InChI=1S/C19H29N3O4/c1-13(2)17(24)21-12-14-8-6-7-9-15(14)22-16(23)10-11-20-18(25)26-19(3,4)5/h6-9,13H,10-12H2,1-5H3,(H,20,25)(H,21,24)(H,22,23). The van der Waals surface area contributed by atoms with Crippen LogP contribution in [0.2, 0.25) is 0 Å². The van der Waals surface area contributed by atoms with E-state index < -0.39 is 11.7 Å². The van der Waals surface area contributed by atoms with E-state index in [1.54, 1.807) is 26.8 Å². The number of nitrogens with one attached hydrogen (secondary N) is 3. The van der Waals surface area contributed by atoms with Crippen molar-refractivity contribution in [2.75, 3.05) is 11.9 Å². The molecule has 0 aliphatic heterocycles. The summed E-state index contributed by atoms with van der Waals surface area (Å²) >= 11 is 0. The molecule has 0 radical (unpaired) electrons. The van der Waals surface area contributed by atoms with Gasteiger partial charge in [-0.05, 0) is 32.4 Å². The Hall–Kier alpha value is -2.57. The first-order valence-corrected chi connectivity index (χ1v) is 8.71. The van der Waals surface area contributed by atoms with Crippen LogP contribution in [0.15, 0.2) is 24.3 Å². The molecule has 0 unspecified atom stereocenters. The third-order valence-corrected chi connectivity index (χ3v) is 3.29. The summed E-state index contributed by atoms with van der Waals surface area (Å²) in [7, 11) is 0. The minimum Gasteiger partial charge on any atom is -0.444 e. The highest BCUT2D eigenvalue weighted by Crippen LogP contribution is 2.15. The fourth-order valence-corrected chi connectivity index (χ4v) is 1.99. The Morgan fingerprint density at radius 1 is 1.08 bits per heavy atom. The van der Waals surface area contributed by atoms with Crippen LogP contribution in [0.3, 0.4) is 0 Å². The summed E-state index contributed by atoms with van der Waals surface area (Å²) in [5.41, 5.74) is 0.875. The third-order valence-electron chi connectivity index (χ3n) is 3.29.